The molecule has 2 N–H and O–H groups in total. The number of carboxylic acid groups (broad SMARTS) is 1. The summed E-state index contributed by atoms with van der Waals surface area (Å²) in [5.41, 5.74) is 0.616. The maximum Gasteiger partial charge on any atom is 0.337 e. The Morgan fingerprint density at radius 2 is 1.71 bits per heavy atom. The maximum atomic E-state index is 13.2. The van der Waals surface area contributed by atoms with Gasteiger partial charge in [-0.05, 0) is 48.5 Å². The number of benzene rings is 3. The number of rotatable bonds is 5. The predicted octanol–water partition coefficient (Wildman–Crippen LogP) is 4.59. The fourth-order valence-corrected chi connectivity index (χ4v) is 4.94. The molecule has 4 aromatic rings. The molecular weight excluding hydrogens is 484 g/mol. The first kappa shape index (κ1) is 20.8. The Bertz CT molecular complexity index is 1440. The molecule has 4 rings (SSSR count). The number of amides is 1. The van der Waals surface area contributed by atoms with E-state index >= 15 is 0 Å². The summed E-state index contributed by atoms with van der Waals surface area (Å²) in [5.74, 6) is -1.83. The minimum absolute atomic E-state index is 0.0595. The molecule has 31 heavy (non-hydrogen) atoms. The van der Waals surface area contributed by atoms with Gasteiger partial charge in [0.1, 0.15) is 0 Å². The minimum atomic E-state index is -3.94. The monoisotopic (exact) mass is 498 g/mol. The highest BCUT2D eigenvalue weighted by Crippen LogP contribution is 2.24. The SMILES string of the molecule is O=C(Nc1ccc(Br)cc1C(=O)O)c1cccc(S(=O)(=O)n2ccc3ccccc32)c1. The third-order valence-corrected chi connectivity index (χ3v) is 6.86. The zero-order valence-corrected chi connectivity index (χ0v) is 18.2. The van der Waals surface area contributed by atoms with Gasteiger partial charge in [-0.3, -0.25) is 4.79 Å². The van der Waals surface area contributed by atoms with Gasteiger partial charge in [0.05, 0.1) is 21.7 Å². The van der Waals surface area contributed by atoms with Crippen LogP contribution in [-0.4, -0.2) is 29.4 Å². The topological polar surface area (TPSA) is 105 Å². The van der Waals surface area contributed by atoms with Crippen molar-refractivity contribution in [2.75, 3.05) is 5.32 Å². The van der Waals surface area contributed by atoms with Gasteiger partial charge in [-0.15, -0.1) is 0 Å². The number of nitrogens with one attached hydrogen (secondary N) is 1. The number of para-hydroxylation sites is 1. The van der Waals surface area contributed by atoms with Crippen LogP contribution in [0.2, 0.25) is 0 Å². The molecule has 0 aliphatic carbocycles. The van der Waals surface area contributed by atoms with Gasteiger partial charge in [-0.25, -0.2) is 17.2 Å². The summed E-state index contributed by atoms with van der Waals surface area (Å²) in [7, 11) is -3.94. The van der Waals surface area contributed by atoms with Crippen molar-refractivity contribution < 1.29 is 23.1 Å². The lowest BCUT2D eigenvalue weighted by atomic mass is 10.1. The van der Waals surface area contributed by atoms with Crippen molar-refractivity contribution in [1.29, 1.82) is 0 Å². The van der Waals surface area contributed by atoms with Crippen LogP contribution in [0.15, 0.2) is 88.4 Å². The molecule has 0 spiro atoms. The molecule has 0 fully saturated rings. The zero-order chi connectivity index (χ0) is 22.2. The van der Waals surface area contributed by atoms with Crippen LogP contribution in [0.4, 0.5) is 5.69 Å². The van der Waals surface area contributed by atoms with E-state index in [1.807, 2.05) is 12.1 Å². The summed E-state index contributed by atoms with van der Waals surface area (Å²) < 4.78 is 28.1. The molecular formula is C22H15BrN2O5S. The first-order valence-corrected chi connectivity index (χ1v) is 11.3. The Hall–Kier alpha value is -3.43. The lowest BCUT2D eigenvalue weighted by molar-refractivity contribution is 0.0698. The number of hydrogen-bond donors (Lipinski definition) is 2. The average Bonchev–Trinajstić information content (AvgIpc) is 3.20. The third kappa shape index (κ3) is 3.97. The standard InChI is InChI=1S/C22H15BrN2O5S/c23-16-8-9-19(18(13-16)22(27)28)24-21(26)15-5-3-6-17(12-15)31(29,30)25-11-10-14-4-1-2-7-20(14)25/h1-13H,(H,24,26)(H,27,28). The van der Waals surface area contributed by atoms with Gasteiger partial charge in [0.25, 0.3) is 15.9 Å². The zero-order valence-electron chi connectivity index (χ0n) is 15.8. The van der Waals surface area contributed by atoms with Crippen molar-refractivity contribution in [2.45, 2.75) is 4.90 Å². The van der Waals surface area contributed by atoms with Crippen molar-refractivity contribution in [1.82, 2.24) is 3.97 Å². The van der Waals surface area contributed by atoms with Gasteiger partial charge in [0.15, 0.2) is 0 Å². The number of fused-ring (bicyclic) bond motifs is 1. The second-order valence-electron chi connectivity index (χ2n) is 6.65. The third-order valence-electron chi connectivity index (χ3n) is 4.68. The summed E-state index contributed by atoms with van der Waals surface area (Å²) >= 11 is 3.20. The number of aromatic nitrogens is 1. The number of carbonyl (C=O) groups excluding carboxylic acids is 1. The van der Waals surface area contributed by atoms with Gasteiger partial charge in [-0.1, -0.05) is 40.2 Å². The molecule has 3 aromatic carbocycles. The van der Waals surface area contributed by atoms with Gasteiger partial charge in [-0.2, -0.15) is 0 Å². The van der Waals surface area contributed by atoms with Gasteiger partial charge in [0, 0.05) is 21.6 Å². The van der Waals surface area contributed by atoms with Crippen LogP contribution in [0.3, 0.4) is 0 Å². The highest BCUT2D eigenvalue weighted by Gasteiger charge is 2.21. The molecule has 7 nitrogen and oxygen atoms in total. The van der Waals surface area contributed by atoms with E-state index in [0.717, 1.165) is 9.36 Å². The van der Waals surface area contributed by atoms with Crippen LogP contribution in [0.25, 0.3) is 10.9 Å². The minimum Gasteiger partial charge on any atom is -0.478 e. The first-order chi connectivity index (χ1) is 14.8. The molecule has 0 atom stereocenters. The van der Waals surface area contributed by atoms with E-state index in [9.17, 15) is 23.1 Å². The predicted molar refractivity (Wildman–Crippen MR) is 120 cm³/mol. The van der Waals surface area contributed by atoms with E-state index in [1.54, 1.807) is 24.3 Å². The van der Waals surface area contributed by atoms with Crippen LogP contribution >= 0.6 is 15.9 Å². The quantitative estimate of drug-likeness (QED) is 0.418. The van der Waals surface area contributed by atoms with Gasteiger partial charge >= 0.3 is 5.97 Å². The van der Waals surface area contributed by atoms with Gasteiger partial charge < -0.3 is 10.4 Å². The van der Waals surface area contributed by atoms with Crippen molar-refractivity contribution >= 4 is 54.4 Å². The van der Waals surface area contributed by atoms with E-state index in [0.29, 0.717) is 9.99 Å². The van der Waals surface area contributed by atoms with Crippen LogP contribution in [0.1, 0.15) is 20.7 Å². The molecule has 0 aliphatic rings. The second-order valence-corrected chi connectivity index (χ2v) is 9.38. The fraction of sp³-hybridized carbons (Fsp3) is 0. The lowest BCUT2D eigenvalue weighted by Crippen LogP contribution is -2.16. The molecule has 0 unspecified atom stereocenters. The Balaban J connectivity index is 1.69. The van der Waals surface area contributed by atoms with Gasteiger partial charge in [0.2, 0.25) is 0 Å². The normalized spacial score (nSPS) is 11.4. The van der Waals surface area contributed by atoms with Crippen molar-refractivity contribution in [3.05, 3.63) is 94.6 Å². The molecule has 0 saturated heterocycles. The Morgan fingerprint density at radius 1 is 0.935 bits per heavy atom. The molecule has 1 amide bonds. The number of halogens is 1. The largest absolute Gasteiger partial charge is 0.478 e. The molecule has 1 aromatic heterocycles. The number of carbonyl (C=O) groups is 2. The smallest absolute Gasteiger partial charge is 0.337 e. The van der Waals surface area contributed by atoms with E-state index < -0.39 is 21.9 Å². The number of anilines is 1. The van der Waals surface area contributed by atoms with Crippen molar-refractivity contribution in [3.8, 4) is 0 Å². The molecule has 9 heteroatoms. The summed E-state index contributed by atoms with van der Waals surface area (Å²) in [6.07, 6.45) is 1.47. The van der Waals surface area contributed by atoms with E-state index in [4.69, 9.17) is 0 Å². The van der Waals surface area contributed by atoms with E-state index in [1.165, 1.54) is 42.6 Å². The molecule has 0 radical (unpaired) electrons. The Morgan fingerprint density at radius 3 is 2.48 bits per heavy atom. The number of hydrogen-bond acceptors (Lipinski definition) is 4. The van der Waals surface area contributed by atoms with Crippen LogP contribution in [-0.2, 0) is 10.0 Å². The average molecular weight is 499 g/mol. The fourth-order valence-electron chi connectivity index (χ4n) is 3.18. The molecule has 0 bridgehead atoms. The van der Waals surface area contributed by atoms with Crippen LogP contribution < -0.4 is 5.32 Å². The highest BCUT2D eigenvalue weighted by atomic mass is 79.9. The number of nitrogens with zero attached hydrogens (tertiary/aromatic N) is 1. The van der Waals surface area contributed by atoms with Crippen LogP contribution in [0, 0.1) is 0 Å². The Labute approximate surface area is 186 Å². The second kappa shape index (κ2) is 8.01. The lowest BCUT2D eigenvalue weighted by Gasteiger charge is -2.11. The van der Waals surface area contributed by atoms with Crippen LogP contribution in [0.5, 0.6) is 0 Å². The molecule has 0 aliphatic heterocycles. The van der Waals surface area contributed by atoms with Crippen molar-refractivity contribution in [2.24, 2.45) is 0 Å². The summed E-state index contributed by atoms with van der Waals surface area (Å²) in [6, 6.07) is 18.8. The van der Waals surface area contributed by atoms with E-state index in [-0.39, 0.29) is 21.7 Å². The summed E-state index contributed by atoms with van der Waals surface area (Å²) in [4.78, 5) is 24.1. The van der Waals surface area contributed by atoms with E-state index in [2.05, 4.69) is 21.2 Å². The van der Waals surface area contributed by atoms with Crippen molar-refractivity contribution in [3.63, 3.8) is 0 Å². The first-order valence-electron chi connectivity index (χ1n) is 9.03. The summed E-state index contributed by atoms with van der Waals surface area (Å²) in [5, 5.41) is 12.7. The molecule has 1 heterocycles. The summed E-state index contributed by atoms with van der Waals surface area (Å²) in [6.45, 7) is 0. The molecule has 156 valence electrons. The Kier molecular flexibility index (Phi) is 5.38. The maximum absolute atomic E-state index is 13.2. The number of carboxylic acids is 1. The highest BCUT2D eigenvalue weighted by molar-refractivity contribution is 9.10. The molecule has 0 saturated carbocycles. The number of aromatic carboxylic acids is 1.